The van der Waals surface area contributed by atoms with Gasteiger partial charge in [-0.15, -0.1) is 0 Å². The quantitative estimate of drug-likeness (QED) is 0.875. The number of carboxylic acid groups (broad SMARTS) is 1. The van der Waals surface area contributed by atoms with Crippen molar-refractivity contribution >= 4 is 12.0 Å². The van der Waals surface area contributed by atoms with Crippen molar-refractivity contribution in [2.75, 3.05) is 20.3 Å². The molecule has 6 heteroatoms. The molecule has 2 N–H and O–H groups in total. The Kier molecular flexibility index (Phi) is 4.80. The molecule has 0 aromatic heterocycles. The summed E-state index contributed by atoms with van der Waals surface area (Å²) in [6.07, 6.45) is 0. The third-order valence-corrected chi connectivity index (χ3v) is 3.59. The van der Waals surface area contributed by atoms with Gasteiger partial charge in [-0.3, -0.25) is 4.79 Å². The predicted octanol–water partition coefficient (Wildman–Crippen LogP) is 1.24. The Morgan fingerprint density at radius 3 is 2.62 bits per heavy atom. The summed E-state index contributed by atoms with van der Waals surface area (Å²) in [6, 6.07) is 7.15. The zero-order valence-electron chi connectivity index (χ0n) is 12.2. The summed E-state index contributed by atoms with van der Waals surface area (Å²) in [7, 11) is 1.68. The lowest BCUT2D eigenvalue weighted by atomic mass is 10.0. The molecule has 0 bridgehead atoms. The van der Waals surface area contributed by atoms with E-state index in [4.69, 9.17) is 9.84 Å². The zero-order chi connectivity index (χ0) is 15.4. The fraction of sp³-hybridized carbons (Fsp3) is 0.467. The molecule has 1 aliphatic rings. The average molecular weight is 292 g/mol. The number of carbonyl (C=O) groups excluding carboxylic acids is 1. The molecular weight excluding hydrogens is 272 g/mol. The van der Waals surface area contributed by atoms with Gasteiger partial charge in [-0.25, -0.2) is 4.79 Å². The number of nitrogens with zero attached hydrogens (tertiary/aromatic N) is 1. The predicted molar refractivity (Wildman–Crippen MR) is 76.9 cm³/mol. The summed E-state index contributed by atoms with van der Waals surface area (Å²) in [5, 5.41) is 11.8. The second kappa shape index (κ2) is 6.58. The van der Waals surface area contributed by atoms with Gasteiger partial charge >= 0.3 is 12.0 Å². The highest BCUT2D eigenvalue weighted by Gasteiger charge is 2.35. The van der Waals surface area contributed by atoms with Crippen LogP contribution in [-0.4, -0.2) is 48.3 Å². The van der Waals surface area contributed by atoms with Crippen molar-refractivity contribution < 1.29 is 19.4 Å². The van der Waals surface area contributed by atoms with Crippen LogP contribution >= 0.6 is 0 Å². The van der Waals surface area contributed by atoms with Gasteiger partial charge < -0.3 is 20.1 Å². The number of ether oxygens (including phenoxy) is 1. The Labute approximate surface area is 123 Å². The van der Waals surface area contributed by atoms with E-state index in [9.17, 15) is 9.59 Å². The molecule has 1 heterocycles. The minimum Gasteiger partial charge on any atom is -0.481 e. The lowest BCUT2D eigenvalue weighted by molar-refractivity contribution is -0.142. The van der Waals surface area contributed by atoms with Crippen molar-refractivity contribution in [2.24, 2.45) is 5.92 Å². The monoisotopic (exact) mass is 292 g/mol. The van der Waals surface area contributed by atoms with Crippen LogP contribution in [0.1, 0.15) is 11.1 Å². The van der Waals surface area contributed by atoms with E-state index in [1.54, 1.807) is 7.05 Å². The van der Waals surface area contributed by atoms with Crippen LogP contribution in [0.2, 0.25) is 0 Å². The van der Waals surface area contributed by atoms with Gasteiger partial charge in [0, 0.05) is 13.6 Å². The van der Waals surface area contributed by atoms with E-state index in [0.717, 1.165) is 5.56 Å². The van der Waals surface area contributed by atoms with Crippen molar-refractivity contribution in [1.82, 2.24) is 10.2 Å². The molecule has 1 fully saturated rings. The fourth-order valence-electron chi connectivity index (χ4n) is 2.25. The van der Waals surface area contributed by atoms with E-state index < -0.39 is 17.9 Å². The second-order valence-electron chi connectivity index (χ2n) is 5.38. The van der Waals surface area contributed by atoms with Gasteiger partial charge in [-0.1, -0.05) is 29.8 Å². The SMILES string of the molecule is Cc1ccc(CN(C)C(=O)NC2COCC2C(=O)O)cc1. The van der Waals surface area contributed by atoms with Gasteiger partial charge in [-0.2, -0.15) is 0 Å². The molecule has 1 aromatic rings. The lowest BCUT2D eigenvalue weighted by Crippen LogP contribution is -2.47. The number of aryl methyl sites for hydroxylation is 1. The Hall–Kier alpha value is -2.08. The standard InChI is InChI=1S/C15H20N2O4/c1-10-3-5-11(6-4-10)7-17(2)15(20)16-13-9-21-8-12(13)14(18)19/h3-6,12-13H,7-9H2,1-2H3,(H,16,20)(H,18,19). The molecule has 1 aromatic carbocycles. The number of carboxylic acids is 1. The van der Waals surface area contributed by atoms with Gasteiger partial charge in [0.15, 0.2) is 0 Å². The molecule has 0 spiro atoms. The van der Waals surface area contributed by atoms with Crippen LogP contribution in [0.15, 0.2) is 24.3 Å². The molecule has 0 aliphatic carbocycles. The van der Waals surface area contributed by atoms with Gasteiger partial charge in [0.25, 0.3) is 0 Å². The van der Waals surface area contributed by atoms with E-state index in [2.05, 4.69) is 5.32 Å². The molecule has 0 radical (unpaired) electrons. The van der Waals surface area contributed by atoms with Crippen molar-refractivity contribution in [3.63, 3.8) is 0 Å². The summed E-state index contributed by atoms with van der Waals surface area (Å²) < 4.78 is 5.13. The zero-order valence-corrected chi connectivity index (χ0v) is 12.2. The van der Waals surface area contributed by atoms with Crippen LogP contribution in [0.5, 0.6) is 0 Å². The van der Waals surface area contributed by atoms with Crippen molar-refractivity contribution in [3.05, 3.63) is 35.4 Å². The summed E-state index contributed by atoms with van der Waals surface area (Å²) in [5.74, 6) is -1.62. The van der Waals surface area contributed by atoms with E-state index in [-0.39, 0.29) is 19.2 Å². The molecule has 21 heavy (non-hydrogen) atoms. The number of aliphatic carboxylic acids is 1. The largest absolute Gasteiger partial charge is 0.481 e. The number of benzene rings is 1. The van der Waals surface area contributed by atoms with Crippen LogP contribution in [0.25, 0.3) is 0 Å². The summed E-state index contributed by atoms with van der Waals surface area (Å²) in [5.41, 5.74) is 2.19. The summed E-state index contributed by atoms with van der Waals surface area (Å²) in [6.45, 7) is 2.85. The first-order chi connectivity index (χ1) is 9.97. The molecule has 2 amide bonds. The molecule has 114 valence electrons. The molecule has 1 aliphatic heterocycles. The van der Waals surface area contributed by atoms with Gasteiger partial charge in [0.05, 0.1) is 19.3 Å². The summed E-state index contributed by atoms with van der Waals surface area (Å²) in [4.78, 5) is 24.7. The Bertz CT molecular complexity index is 515. The van der Waals surface area contributed by atoms with Crippen LogP contribution in [-0.2, 0) is 16.1 Å². The molecular formula is C15H20N2O4. The highest BCUT2D eigenvalue weighted by Crippen LogP contribution is 2.14. The highest BCUT2D eigenvalue weighted by atomic mass is 16.5. The van der Waals surface area contributed by atoms with Crippen molar-refractivity contribution in [2.45, 2.75) is 19.5 Å². The topological polar surface area (TPSA) is 78.9 Å². The van der Waals surface area contributed by atoms with E-state index in [1.165, 1.54) is 10.5 Å². The molecule has 2 atom stereocenters. The normalized spacial score (nSPS) is 21.0. The maximum absolute atomic E-state index is 12.1. The average Bonchev–Trinajstić information content (AvgIpc) is 2.89. The third kappa shape index (κ3) is 3.95. The van der Waals surface area contributed by atoms with E-state index >= 15 is 0 Å². The maximum atomic E-state index is 12.1. The van der Waals surface area contributed by atoms with Gasteiger partial charge in [-0.05, 0) is 12.5 Å². The number of rotatable bonds is 4. The maximum Gasteiger partial charge on any atom is 0.317 e. The number of carbonyl (C=O) groups is 2. The first-order valence-corrected chi connectivity index (χ1v) is 6.85. The van der Waals surface area contributed by atoms with Crippen LogP contribution in [0.3, 0.4) is 0 Å². The van der Waals surface area contributed by atoms with Crippen LogP contribution in [0, 0.1) is 12.8 Å². The Morgan fingerprint density at radius 1 is 1.33 bits per heavy atom. The Balaban J connectivity index is 1.90. The van der Waals surface area contributed by atoms with E-state index in [1.807, 2.05) is 31.2 Å². The number of nitrogens with one attached hydrogen (secondary N) is 1. The molecule has 6 nitrogen and oxygen atoms in total. The molecule has 2 unspecified atom stereocenters. The third-order valence-electron chi connectivity index (χ3n) is 3.59. The van der Waals surface area contributed by atoms with Crippen molar-refractivity contribution in [1.29, 1.82) is 0 Å². The van der Waals surface area contributed by atoms with Gasteiger partial charge in [0.2, 0.25) is 0 Å². The van der Waals surface area contributed by atoms with E-state index in [0.29, 0.717) is 6.54 Å². The van der Waals surface area contributed by atoms with Gasteiger partial charge in [0.1, 0.15) is 5.92 Å². The lowest BCUT2D eigenvalue weighted by Gasteiger charge is -2.22. The van der Waals surface area contributed by atoms with Crippen molar-refractivity contribution in [3.8, 4) is 0 Å². The Morgan fingerprint density at radius 2 is 2.00 bits per heavy atom. The number of hydrogen-bond donors (Lipinski definition) is 2. The fourth-order valence-corrected chi connectivity index (χ4v) is 2.25. The smallest absolute Gasteiger partial charge is 0.317 e. The second-order valence-corrected chi connectivity index (χ2v) is 5.38. The minimum absolute atomic E-state index is 0.141. The van der Waals surface area contributed by atoms with Crippen LogP contribution < -0.4 is 5.32 Å². The van der Waals surface area contributed by atoms with Crippen LogP contribution in [0.4, 0.5) is 4.79 Å². The molecule has 0 saturated carbocycles. The number of urea groups is 1. The molecule has 1 saturated heterocycles. The summed E-state index contributed by atoms with van der Waals surface area (Å²) >= 11 is 0. The first kappa shape index (κ1) is 15.3. The first-order valence-electron chi connectivity index (χ1n) is 6.85. The highest BCUT2D eigenvalue weighted by molar-refractivity contribution is 5.77. The molecule has 2 rings (SSSR count). The number of hydrogen-bond acceptors (Lipinski definition) is 3. The number of amides is 2. The minimum atomic E-state index is -0.945.